The number of thioether (sulfide) groups is 1. The van der Waals surface area contributed by atoms with Gasteiger partial charge in [0.2, 0.25) is 6.79 Å². The number of carbonyl (C=O) groups excluding carboxylic acids is 2. The molecular weight excluding hydrogens is 436 g/mol. The molecule has 2 amide bonds. The molecule has 0 radical (unpaired) electrons. The van der Waals surface area contributed by atoms with Crippen LogP contribution in [-0.2, 0) is 4.79 Å². The molecule has 0 unspecified atom stereocenters. The summed E-state index contributed by atoms with van der Waals surface area (Å²) in [5.74, 6) is 1.12. The zero-order valence-corrected chi connectivity index (χ0v) is 18.0. The maximum Gasteiger partial charge on any atom is 0.290 e. The Morgan fingerprint density at radius 2 is 1.67 bits per heavy atom. The predicted octanol–water partition coefficient (Wildman–Crippen LogP) is 5.62. The van der Waals surface area contributed by atoms with Crippen molar-refractivity contribution in [3.8, 4) is 33.8 Å². The van der Waals surface area contributed by atoms with E-state index in [1.807, 2.05) is 36.4 Å². The highest BCUT2D eigenvalue weighted by Crippen LogP contribution is 2.44. The molecule has 3 aromatic carbocycles. The third-order valence-electron chi connectivity index (χ3n) is 5.60. The lowest BCUT2D eigenvalue weighted by molar-refractivity contribution is -0.115. The Hall–Kier alpha value is -4.10. The Kier molecular flexibility index (Phi) is 4.62. The zero-order valence-electron chi connectivity index (χ0n) is 17.2. The summed E-state index contributed by atoms with van der Waals surface area (Å²) in [6.45, 7) is 0.203. The van der Waals surface area contributed by atoms with Crippen LogP contribution in [-0.4, -0.2) is 22.9 Å². The Bertz CT molecular complexity index is 1480. The highest BCUT2D eigenvalue weighted by Gasteiger charge is 2.25. The lowest BCUT2D eigenvalue weighted by Crippen LogP contribution is -2.17. The Labute approximate surface area is 193 Å². The second-order valence-electron chi connectivity index (χ2n) is 7.67. The first-order chi connectivity index (χ1) is 16.1. The molecule has 0 atom stereocenters. The number of hydrogen-bond donors (Lipinski definition) is 1. The number of fused-ring (bicyclic) bond motifs is 2. The van der Waals surface area contributed by atoms with E-state index in [1.54, 1.807) is 18.5 Å². The Balaban J connectivity index is 1.39. The van der Waals surface area contributed by atoms with Gasteiger partial charge < -0.3 is 9.47 Å². The molecule has 1 aromatic heterocycles. The van der Waals surface area contributed by atoms with Crippen LogP contribution in [0.1, 0.15) is 5.56 Å². The quantitative estimate of drug-likeness (QED) is 0.407. The number of pyridine rings is 1. The number of aromatic nitrogens is 1. The van der Waals surface area contributed by atoms with E-state index in [0.717, 1.165) is 61.9 Å². The fraction of sp³-hybridized carbons (Fsp3) is 0.0385. The SMILES string of the molecule is O=C1NC(=O)C(=Cc2ccc3cc(-c4cc5c(c(-c6ccncc6)c4)OCO5)ccc3c2)S1. The number of benzene rings is 3. The minimum atomic E-state index is -0.353. The van der Waals surface area contributed by atoms with Gasteiger partial charge in [-0.1, -0.05) is 24.3 Å². The van der Waals surface area contributed by atoms with Crippen LogP contribution in [0.3, 0.4) is 0 Å². The molecule has 160 valence electrons. The maximum atomic E-state index is 11.8. The first kappa shape index (κ1) is 19.6. The van der Waals surface area contributed by atoms with Gasteiger partial charge in [0.15, 0.2) is 11.5 Å². The molecule has 1 N–H and O–H groups in total. The summed E-state index contributed by atoms with van der Waals surface area (Å²) < 4.78 is 11.4. The summed E-state index contributed by atoms with van der Waals surface area (Å²) in [5.41, 5.74) is 4.92. The Morgan fingerprint density at radius 3 is 2.48 bits per heavy atom. The first-order valence-electron chi connectivity index (χ1n) is 10.3. The van der Waals surface area contributed by atoms with Gasteiger partial charge in [-0.2, -0.15) is 0 Å². The molecule has 6 rings (SSSR count). The van der Waals surface area contributed by atoms with E-state index in [0.29, 0.717) is 4.91 Å². The standard InChI is InChI=1S/C26H16N2O4S/c29-25-23(33-26(30)28-25)10-15-1-2-18-11-19(4-3-17(18)9-15)20-12-21(16-5-7-27-8-6-16)24-22(13-20)31-14-32-24/h1-13H,14H2,(H,28,29,30). The first-order valence-corrected chi connectivity index (χ1v) is 11.1. The van der Waals surface area contributed by atoms with Gasteiger partial charge in [-0.3, -0.25) is 19.9 Å². The van der Waals surface area contributed by atoms with Crippen molar-refractivity contribution in [1.29, 1.82) is 0 Å². The van der Waals surface area contributed by atoms with Gasteiger partial charge >= 0.3 is 0 Å². The molecule has 2 aliphatic rings. The molecule has 1 saturated heterocycles. The minimum absolute atomic E-state index is 0.203. The van der Waals surface area contributed by atoms with Crippen molar-refractivity contribution >= 4 is 39.8 Å². The van der Waals surface area contributed by atoms with Gasteiger partial charge in [0.05, 0.1) is 4.91 Å². The Morgan fingerprint density at radius 1 is 0.848 bits per heavy atom. The molecule has 0 bridgehead atoms. The second-order valence-corrected chi connectivity index (χ2v) is 8.68. The van der Waals surface area contributed by atoms with E-state index in [1.165, 1.54) is 0 Å². The van der Waals surface area contributed by atoms with Crippen molar-refractivity contribution in [1.82, 2.24) is 10.3 Å². The summed E-state index contributed by atoms with van der Waals surface area (Å²) >= 11 is 0.918. The van der Waals surface area contributed by atoms with Crippen molar-refractivity contribution in [2.24, 2.45) is 0 Å². The van der Waals surface area contributed by atoms with Gasteiger partial charge in [-0.15, -0.1) is 0 Å². The van der Waals surface area contributed by atoms with E-state index in [-0.39, 0.29) is 17.9 Å². The van der Waals surface area contributed by atoms with Crippen molar-refractivity contribution < 1.29 is 19.1 Å². The van der Waals surface area contributed by atoms with Crippen molar-refractivity contribution in [2.45, 2.75) is 0 Å². The summed E-state index contributed by atoms with van der Waals surface area (Å²) in [6, 6.07) is 20.2. The molecule has 3 heterocycles. The summed E-state index contributed by atoms with van der Waals surface area (Å²) in [7, 11) is 0. The van der Waals surface area contributed by atoms with Crippen LogP contribution in [0.15, 0.2) is 78.0 Å². The van der Waals surface area contributed by atoms with Gasteiger partial charge in [0.25, 0.3) is 11.1 Å². The summed E-state index contributed by atoms with van der Waals surface area (Å²) in [4.78, 5) is 27.7. The van der Waals surface area contributed by atoms with Crippen LogP contribution >= 0.6 is 11.8 Å². The molecular formula is C26H16N2O4S. The van der Waals surface area contributed by atoms with E-state index >= 15 is 0 Å². The third-order valence-corrected chi connectivity index (χ3v) is 6.41. The number of carbonyl (C=O) groups is 2. The topological polar surface area (TPSA) is 77.5 Å². The summed E-state index contributed by atoms with van der Waals surface area (Å²) in [5, 5.41) is 4.04. The van der Waals surface area contributed by atoms with Crippen molar-refractivity contribution in [3.63, 3.8) is 0 Å². The number of hydrogen-bond acceptors (Lipinski definition) is 6. The third kappa shape index (κ3) is 3.62. The van der Waals surface area contributed by atoms with Crippen LogP contribution in [0.25, 0.3) is 39.1 Å². The average molecular weight is 452 g/mol. The maximum absolute atomic E-state index is 11.8. The molecule has 4 aromatic rings. The molecule has 0 saturated carbocycles. The largest absolute Gasteiger partial charge is 0.454 e. The fourth-order valence-electron chi connectivity index (χ4n) is 4.03. The smallest absolute Gasteiger partial charge is 0.290 e. The van der Waals surface area contributed by atoms with Crippen LogP contribution in [0.4, 0.5) is 4.79 Å². The van der Waals surface area contributed by atoms with Crippen LogP contribution in [0.2, 0.25) is 0 Å². The summed E-state index contributed by atoms with van der Waals surface area (Å²) in [6.07, 6.45) is 5.25. The predicted molar refractivity (Wildman–Crippen MR) is 128 cm³/mol. The van der Waals surface area contributed by atoms with Gasteiger partial charge in [-0.05, 0) is 87.3 Å². The minimum Gasteiger partial charge on any atom is -0.454 e. The lowest BCUT2D eigenvalue weighted by atomic mass is 9.96. The molecule has 7 heteroatoms. The van der Waals surface area contributed by atoms with Gasteiger partial charge in [0.1, 0.15) is 0 Å². The van der Waals surface area contributed by atoms with Gasteiger partial charge in [-0.25, -0.2) is 0 Å². The van der Waals surface area contributed by atoms with E-state index < -0.39 is 0 Å². The monoisotopic (exact) mass is 452 g/mol. The van der Waals surface area contributed by atoms with Gasteiger partial charge in [0, 0.05) is 18.0 Å². The number of rotatable bonds is 3. The van der Waals surface area contributed by atoms with E-state index in [2.05, 4.69) is 34.6 Å². The van der Waals surface area contributed by atoms with Crippen LogP contribution in [0, 0.1) is 0 Å². The molecule has 2 aliphatic heterocycles. The molecule has 6 nitrogen and oxygen atoms in total. The van der Waals surface area contributed by atoms with E-state index in [9.17, 15) is 9.59 Å². The lowest BCUT2D eigenvalue weighted by Gasteiger charge is -2.11. The molecule has 0 aliphatic carbocycles. The second kappa shape index (κ2) is 7.79. The fourth-order valence-corrected chi connectivity index (χ4v) is 4.71. The number of amides is 2. The van der Waals surface area contributed by atoms with Crippen LogP contribution in [0.5, 0.6) is 11.5 Å². The number of ether oxygens (including phenoxy) is 2. The average Bonchev–Trinajstić information content (AvgIpc) is 3.44. The molecule has 0 spiro atoms. The normalized spacial score (nSPS) is 15.9. The molecule has 33 heavy (non-hydrogen) atoms. The number of nitrogens with one attached hydrogen (secondary N) is 1. The number of nitrogens with zero attached hydrogens (tertiary/aromatic N) is 1. The van der Waals surface area contributed by atoms with Crippen molar-refractivity contribution in [3.05, 3.63) is 83.5 Å². The van der Waals surface area contributed by atoms with E-state index in [4.69, 9.17) is 9.47 Å². The molecule has 1 fully saturated rings. The number of imide groups is 1. The zero-order chi connectivity index (χ0) is 22.4. The van der Waals surface area contributed by atoms with Crippen LogP contribution < -0.4 is 14.8 Å². The highest BCUT2D eigenvalue weighted by atomic mass is 32.2. The highest BCUT2D eigenvalue weighted by molar-refractivity contribution is 8.18. The van der Waals surface area contributed by atoms with Crippen molar-refractivity contribution in [2.75, 3.05) is 6.79 Å².